The number of Topliss-reactive ketones (excluding diaryl/α,β-unsaturated/α-hetero) is 1. The van der Waals surface area contributed by atoms with Crippen LogP contribution in [0.15, 0.2) is 82.3 Å². The Labute approximate surface area is 185 Å². The van der Waals surface area contributed by atoms with Crippen molar-refractivity contribution < 1.29 is 4.79 Å². The summed E-state index contributed by atoms with van der Waals surface area (Å²) in [6.07, 6.45) is 1.34. The summed E-state index contributed by atoms with van der Waals surface area (Å²) in [7, 11) is 0. The fraction of sp³-hybridized carbons (Fsp3) is 0.231. The number of nitrogens with one attached hydrogen (secondary N) is 1. The summed E-state index contributed by atoms with van der Waals surface area (Å²) in [5, 5.41) is 3.65. The lowest BCUT2D eigenvalue weighted by molar-refractivity contribution is -0.122. The average Bonchev–Trinajstić information content (AvgIpc) is 2.91. The van der Waals surface area contributed by atoms with E-state index in [2.05, 4.69) is 64.6 Å². The van der Waals surface area contributed by atoms with Gasteiger partial charge in [0.15, 0.2) is 0 Å². The van der Waals surface area contributed by atoms with Gasteiger partial charge < -0.3 is 5.32 Å². The van der Waals surface area contributed by atoms with Crippen LogP contribution in [0.5, 0.6) is 0 Å². The quantitative estimate of drug-likeness (QED) is 0.460. The summed E-state index contributed by atoms with van der Waals surface area (Å²) in [5.41, 5.74) is 6.41. The van der Waals surface area contributed by atoms with E-state index in [0.717, 1.165) is 33.5 Å². The third kappa shape index (κ3) is 3.61. The number of aliphatic imine (C=N–C) groups is 1. The van der Waals surface area contributed by atoms with Crippen molar-refractivity contribution in [1.82, 2.24) is 0 Å². The summed E-state index contributed by atoms with van der Waals surface area (Å²) in [6.45, 7) is 2.08. The van der Waals surface area contributed by atoms with Gasteiger partial charge in [-0.2, -0.15) is 0 Å². The van der Waals surface area contributed by atoms with E-state index >= 15 is 0 Å². The van der Waals surface area contributed by atoms with Crippen LogP contribution in [0, 0.1) is 12.8 Å². The molecule has 0 amide bonds. The largest absolute Gasteiger partial charge is 0.375 e. The number of hydrogen-bond donors (Lipinski definition) is 1. The maximum absolute atomic E-state index is 13.5. The number of aryl methyl sites for hydroxylation is 1. The Balaban J connectivity index is 1.59. The van der Waals surface area contributed by atoms with E-state index in [4.69, 9.17) is 4.99 Å². The number of carbonyl (C=O) groups excluding carboxylic acids is 1. The molecular weight excluding hydrogens is 436 g/mol. The average molecular weight is 459 g/mol. The number of para-hydroxylation sites is 2. The highest BCUT2D eigenvalue weighted by molar-refractivity contribution is 9.10. The number of ketones is 1. The van der Waals surface area contributed by atoms with Gasteiger partial charge in [-0.15, -0.1) is 0 Å². The maximum atomic E-state index is 13.5. The van der Waals surface area contributed by atoms with Gasteiger partial charge in [0.1, 0.15) is 5.78 Å². The van der Waals surface area contributed by atoms with Crippen molar-refractivity contribution in [3.63, 3.8) is 0 Å². The number of halogens is 1. The Hall–Kier alpha value is -2.72. The molecule has 3 nitrogen and oxygen atoms in total. The molecule has 0 radical (unpaired) electrons. The van der Waals surface area contributed by atoms with Gasteiger partial charge in [0, 0.05) is 16.6 Å². The van der Waals surface area contributed by atoms with Crippen LogP contribution < -0.4 is 5.32 Å². The first-order valence-electron chi connectivity index (χ1n) is 10.4. The first-order valence-corrected chi connectivity index (χ1v) is 11.2. The maximum Gasteiger partial charge on any atom is 0.144 e. The summed E-state index contributed by atoms with van der Waals surface area (Å²) in [6, 6.07) is 24.8. The molecule has 4 heteroatoms. The number of carbonyl (C=O) groups is 1. The molecule has 5 rings (SSSR count). The van der Waals surface area contributed by atoms with Gasteiger partial charge in [0.05, 0.1) is 23.3 Å². The first kappa shape index (κ1) is 19.3. The Morgan fingerprint density at radius 1 is 0.933 bits per heavy atom. The van der Waals surface area contributed by atoms with Crippen molar-refractivity contribution in [2.45, 2.75) is 31.7 Å². The fourth-order valence-corrected chi connectivity index (χ4v) is 5.06. The van der Waals surface area contributed by atoms with E-state index in [1.54, 1.807) is 0 Å². The Kier molecular flexibility index (Phi) is 5.03. The fourth-order valence-electron chi connectivity index (χ4n) is 4.65. The Bertz CT molecular complexity index is 1140. The van der Waals surface area contributed by atoms with Crippen molar-refractivity contribution in [1.29, 1.82) is 0 Å². The van der Waals surface area contributed by atoms with E-state index in [9.17, 15) is 4.79 Å². The Morgan fingerprint density at radius 3 is 2.53 bits per heavy atom. The second-order valence-corrected chi connectivity index (χ2v) is 9.17. The molecule has 0 spiro atoms. The van der Waals surface area contributed by atoms with Gasteiger partial charge >= 0.3 is 0 Å². The minimum Gasteiger partial charge on any atom is -0.375 e. The predicted octanol–water partition coefficient (Wildman–Crippen LogP) is 6.76. The highest BCUT2D eigenvalue weighted by atomic mass is 79.9. The monoisotopic (exact) mass is 458 g/mol. The summed E-state index contributed by atoms with van der Waals surface area (Å²) in [4.78, 5) is 18.5. The van der Waals surface area contributed by atoms with E-state index in [-0.39, 0.29) is 23.7 Å². The van der Waals surface area contributed by atoms with Gasteiger partial charge in [0.2, 0.25) is 0 Å². The van der Waals surface area contributed by atoms with Crippen LogP contribution in [0.25, 0.3) is 0 Å². The topological polar surface area (TPSA) is 41.5 Å². The molecule has 0 unspecified atom stereocenters. The molecule has 0 aromatic heterocycles. The molecule has 3 aromatic carbocycles. The molecule has 1 aliphatic carbocycles. The van der Waals surface area contributed by atoms with Crippen LogP contribution in [0.1, 0.15) is 41.5 Å². The minimum atomic E-state index is -0.247. The van der Waals surface area contributed by atoms with Gasteiger partial charge in [-0.1, -0.05) is 70.0 Å². The lowest BCUT2D eigenvalue weighted by Crippen LogP contribution is -2.38. The third-order valence-electron chi connectivity index (χ3n) is 6.18. The lowest BCUT2D eigenvalue weighted by atomic mass is 9.72. The molecule has 30 heavy (non-hydrogen) atoms. The van der Waals surface area contributed by atoms with Crippen molar-refractivity contribution in [2.75, 3.05) is 5.32 Å². The summed E-state index contributed by atoms with van der Waals surface area (Å²) < 4.78 is 1.04. The molecular formula is C26H23BrN2O. The van der Waals surface area contributed by atoms with Crippen LogP contribution >= 0.6 is 15.9 Å². The number of anilines is 1. The molecule has 1 aliphatic heterocycles. The van der Waals surface area contributed by atoms with Crippen molar-refractivity contribution in [2.24, 2.45) is 10.9 Å². The Morgan fingerprint density at radius 2 is 1.73 bits per heavy atom. The third-order valence-corrected chi connectivity index (χ3v) is 6.67. The second-order valence-electron chi connectivity index (χ2n) is 8.26. The number of hydrogen-bond acceptors (Lipinski definition) is 3. The smallest absolute Gasteiger partial charge is 0.144 e. The number of nitrogens with zero attached hydrogens (tertiary/aromatic N) is 1. The van der Waals surface area contributed by atoms with Crippen molar-refractivity contribution in [3.8, 4) is 0 Å². The van der Waals surface area contributed by atoms with E-state index in [0.29, 0.717) is 6.42 Å². The summed E-state index contributed by atoms with van der Waals surface area (Å²) >= 11 is 3.57. The molecule has 3 aromatic rings. The van der Waals surface area contributed by atoms with Crippen LogP contribution in [-0.2, 0) is 4.79 Å². The van der Waals surface area contributed by atoms with Crippen LogP contribution in [-0.4, -0.2) is 11.5 Å². The molecule has 1 saturated carbocycles. The van der Waals surface area contributed by atoms with E-state index in [1.807, 2.05) is 36.4 Å². The molecule has 0 bridgehead atoms. The molecule has 1 heterocycles. The first-order chi connectivity index (χ1) is 14.6. The van der Waals surface area contributed by atoms with Crippen LogP contribution in [0.4, 0.5) is 11.4 Å². The van der Waals surface area contributed by atoms with Crippen molar-refractivity contribution >= 4 is 38.8 Å². The van der Waals surface area contributed by atoms with Crippen molar-refractivity contribution in [3.05, 3.63) is 94.0 Å². The SMILES string of the molecule is Cc1ccc([C@@H]2Nc3ccccc3N=C3C[C@H](c4cccc(Br)c4)CC(=O)[C@@H]32)cc1. The van der Waals surface area contributed by atoms with Gasteiger partial charge in [-0.05, 0) is 54.7 Å². The molecule has 2 aliphatic rings. The zero-order valence-corrected chi connectivity index (χ0v) is 18.4. The van der Waals surface area contributed by atoms with Gasteiger partial charge in [-0.25, -0.2) is 0 Å². The zero-order valence-electron chi connectivity index (χ0n) is 16.8. The highest BCUT2D eigenvalue weighted by Gasteiger charge is 2.41. The highest BCUT2D eigenvalue weighted by Crippen LogP contribution is 2.44. The molecule has 1 fully saturated rings. The predicted molar refractivity (Wildman–Crippen MR) is 126 cm³/mol. The normalized spacial score (nSPS) is 22.9. The zero-order chi connectivity index (χ0) is 20.7. The van der Waals surface area contributed by atoms with Gasteiger partial charge in [0.25, 0.3) is 0 Å². The second kappa shape index (κ2) is 7.84. The molecule has 150 valence electrons. The number of fused-ring (bicyclic) bond motifs is 2. The van der Waals surface area contributed by atoms with Gasteiger partial charge in [-0.3, -0.25) is 9.79 Å². The van der Waals surface area contributed by atoms with Crippen LogP contribution in [0.2, 0.25) is 0 Å². The molecule has 0 saturated heterocycles. The molecule has 3 atom stereocenters. The lowest BCUT2D eigenvalue weighted by Gasteiger charge is -2.34. The van der Waals surface area contributed by atoms with E-state index < -0.39 is 0 Å². The summed E-state index contributed by atoms with van der Waals surface area (Å²) in [5.74, 6) is 0.174. The number of rotatable bonds is 2. The minimum absolute atomic E-state index is 0.107. The van der Waals surface area contributed by atoms with E-state index in [1.165, 1.54) is 11.1 Å². The standard InChI is InChI=1S/C26H23BrN2O/c1-16-9-11-17(12-10-16)26-25-23(28-21-7-2-3-8-22(21)29-26)14-19(15-24(25)30)18-5-4-6-20(27)13-18/h2-13,19,25-26,29H,14-15H2,1H3/t19-,25+,26-/m0/s1. The number of benzene rings is 3. The van der Waals surface area contributed by atoms with Crippen LogP contribution in [0.3, 0.4) is 0 Å². The molecule has 1 N–H and O–H groups in total.